The number of fused-ring (bicyclic) bond motifs is 1. The van der Waals surface area contributed by atoms with Gasteiger partial charge in [-0.25, -0.2) is 13.8 Å². The fourth-order valence-electron chi connectivity index (χ4n) is 3.09. The van der Waals surface area contributed by atoms with Gasteiger partial charge in [0.05, 0.1) is 11.2 Å². The molecule has 0 radical (unpaired) electrons. The van der Waals surface area contributed by atoms with Gasteiger partial charge in [0.2, 0.25) is 0 Å². The summed E-state index contributed by atoms with van der Waals surface area (Å²) in [6.07, 6.45) is 3.32. The Morgan fingerprint density at radius 1 is 1.16 bits per heavy atom. The Labute approximate surface area is 187 Å². The maximum atomic E-state index is 14.2. The second kappa shape index (κ2) is 9.11. The number of nitrogens with zero attached hydrogens (tertiary/aromatic N) is 3. The largest absolute Gasteiger partial charge is 0.279 e. The van der Waals surface area contributed by atoms with E-state index in [9.17, 15) is 13.6 Å². The molecule has 0 bridgehead atoms. The number of benzene rings is 2. The number of pyridine rings is 1. The van der Waals surface area contributed by atoms with E-state index < -0.39 is 11.6 Å². The maximum Gasteiger partial charge on any atom is 0.260 e. The van der Waals surface area contributed by atoms with Gasteiger partial charge in [-0.3, -0.25) is 14.7 Å². The van der Waals surface area contributed by atoms with Crippen molar-refractivity contribution in [2.45, 2.75) is 30.5 Å². The van der Waals surface area contributed by atoms with Crippen LogP contribution >= 0.6 is 23.1 Å². The van der Waals surface area contributed by atoms with Crippen LogP contribution in [0.15, 0.2) is 65.8 Å². The number of thiazole rings is 1. The van der Waals surface area contributed by atoms with Crippen molar-refractivity contribution >= 4 is 44.4 Å². The van der Waals surface area contributed by atoms with E-state index in [1.165, 1.54) is 11.0 Å². The monoisotopic (exact) mass is 455 g/mol. The first-order valence-electron chi connectivity index (χ1n) is 9.64. The third-order valence-electron chi connectivity index (χ3n) is 4.39. The summed E-state index contributed by atoms with van der Waals surface area (Å²) in [5.41, 5.74) is 1.35. The molecule has 0 aliphatic carbocycles. The van der Waals surface area contributed by atoms with E-state index in [-0.39, 0.29) is 18.0 Å². The van der Waals surface area contributed by atoms with Gasteiger partial charge in [0.1, 0.15) is 11.3 Å². The van der Waals surface area contributed by atoms with Crippen molar-refractivity contribution in [3.05, 3.63) is 83.7 Å². The third-order valence-corrected chi connectivity index (χ3v) is 6.42. The first-order chi connectivity index (χ1) is 14.9. The number of rotatable bonds is 6. The van der Waals surface area contributed by atoms with Gasteiger partial charge in [-0.2, -0.15) is 0 Å². The molecule has 2 aromatic heterocycles. The van der Waals surface area contributed by atoms with Crippen LogP contribution in [0.1, 0.15) is 29.8 Å². The second-order valence-corrected chi connectivity index (χ2v) is 9.84. The molecule has 31 heavy (non-hydrogen) atoms. The van der Waals surface area contributed by atoms with Crippen LogP contribution in [0.25, 0.3) is 10.2 Å². The Bertz CT molecular complexity index is 1230. The van der Waals surface area contributed by atoms with Crippen LogP contribution < -0.4 is 4.90 Å². The molecule has 2 heterocycles. The van der Waals surface area contributed by atoms with E-state index in [1.807, 2.05) is 24.3 Å². The molecule has 0 aliphatic rings. The van der Waals surface area contributed by atoms with Crippen molar-refractivity contribution in [2.24, 2.45) is 0 Å². The maximum absolute atomic E-state index is 14.2. The molecule has 0 unspecified atom stereocenters. The SMILES string of the molecule is CC(C)Sc1cccc(C(=O)N(Cc2cccnc2)c2nc3c(F)cc(F)cc3s2)c1. The first-order valence-corrected chi connectivity index (χ1v) is 11.3. The second-order valence-electron chi connectivity index (χ2n) is 7.18. The summed E-state index contributed by atoms with van der Waals surface area (Å²) in [6.45, 7) is 4.38. The van der Waals surface area contributed by atoms with Crippen molar-refractivity contribution in [1.82, 2.24) is 9.97 Å². The molecule has 8 heteroatoms. The summed E-state index contributed by atoms with van der Waals surface area (Å²) < 4.78 is 28.3. The molecular formula is C23H19F2N3OS2. The van der Waals surface area contributed by atoms with Gasteiger partial charge < -0.3 is 0 Å². The fourth-order valence-corrected chi connectivity index (χ4v) is 4.99. The zero-order valence-electron chi connectivity index (χ0n) is 16.9. The van der Waals surface area contributed by atoms with Gasteiger partial charge in [0.15, 0.2) is 10.9 Å². The normalized spacial score (nSPS) is 11.3. The third kappa shape index (κ3) is 4.91. The van der Waals surface area contributed by atoms with Crippen LogP contribution in [0.3, 0.4) is 0 Å². The molecule has 2 aromatic carbocycles. The highest BCUT2D eigenvalue weighted by Crippen LogP contribution is 2.33. The lowest BCUT2D eigenvalue weighted by Gasteiger charge is -2.20. The van der Waals surface area contributed by atoms with Crippen LogP contribution in [0, 0.1) is 11.6 Å². The predicted octanol–water partition coefficient (Wildman–Crippen LogP) is 6.32. The number of carbonyl (C=O) groups excluding carboxylic acids is 1. The van der Waals surface area contributed by atoms with Crippen LogP contribution in [0.4, 0.5) is 13.9 Å². The highest BCUT2D eigenvalue weighted by Gasteiger charge is 2.23. The quantitative estimate of drug-likeness (QED) is 0.319. The van der Waals surface area contributed by atoms with E-state index >= 15 is 0 Å². The number of aromatic nitrogens is 2. The highest BCUT2D eigenvalue weighted by molar-refractivity contribution is 7.99. The Morgan fingerprint density at radius 2 is 2.00 bits per heavy atom. The lowest BCUT2D eigenvalue weighted by molar-refractivity contribution is 0.0985. The number of hydrogen-bond donors (Lipinski definition) is 0. The molecule has 1 amide bonds. The van der Waals surface area contributed by atoms with E-state index in [0.717, 1.165) is 27.9 Å². The molecule has 4 rings (SSSR count). The smallest absolute Gasteiger partial charge is 0.260 e. The molecule has 0 N–H and O–H groups in total. The van der Waals surface area contributed by atoms with Crippen LogP contribution in [0.2, 0.25) is 0 Å². The Kier molecular flexibility index (Phi) is 6.29. The van der Waals surface area contributed by atoms with E-state index in [2.05, 4.69) is 23.8 Å². The van der Waals surface area contributed by atoms with Crippen LogP contribution in [0.5, 0.6) is 0 Å². The standard InChI is InChI=1S/C23H19F2N3OS2/c1-14(2)30-18-7-3-6-16(9-18)22(29)28(13-15-5-4-8-26-12-15)23-27-21-19(25)10-17(24)11-20(21)31-23/h3-12,14H,13H2,1-2H3. The van der Waals surface area contributed by atoms with Gasteiger partial charge in [-0.15, -0.1) is 11.8 Å². The molecule has 0 saturated heterocycles. The van der Waals surface area contributed by atoms with Crippen molar-refractivity contribution in [1.29, 1.82) is 0 Å². The summed E-state index contributed by atoms with van der Waals surface area (Å²) in [5.74, 6) is -1.69. The number of carbonyl (C=O) groups is 1. The van der Waals surface area contributed by atoms with Crippen LogP contribution in [-0.4, -0.2) is 21.1 Å². The summed E-state index contributed by atoms with van der Waals surface area (Å²) in [4.78, 5) is 24.4. The summed E-state index contributed by atoms with van der Waals surface area (Å²) in [6, 6.07) is 13.1. The average Bonchev–Trinajstić information content (AvgIpc) is 3.16. The van der Waals surface area contributed by atoms with Crippen molar-refractivity contribution in [2.75, 3.05) is 4.90 Å². The molecule has 158 valence electrons. The van der Waals surface area contributed by atoms with E-state index in [1.54, 1.807) is 36.3 Å². The number of amides is 1. The summed E-state index contributed by atoms with van der Waals surface area (Å²) in [7, 11) is 0. The number of hydrogen-bond acceptors (Lipinski definition) is 5. The van der Waals surface area contributed by atoms with Crippen molar-refractivity contribution < 1.29 is 13.6 Å². The molecule has 0 aliphatic heterocycles. The molecule has 4 nitrogen and oxygen atoms in total. The van der Waals surface area contributed by atoms with Gasteiger partial charge in [-0.1, -0.05) is 37.3 Å². The molecule has 0 spiro atoms. The summed E-state index contributed by atoms with van der Waals surface area (Å²) >= 11 is 2.74. The highest BCUT2D eigenvalue weighted by atomic mass is 32.2. The van der Waals surface area contributed by atoms with Crippen LogP contribution in [-0.2, 0) is 6.54 Å². The molecule has 0 saturated carbocycles. The average molecular weight is 456 g/mol. The van der Waals surface area contributed by atoms with Gasteiger partial charge in [0, 0.05) is 34.2 Å². The topological polar surface area (TPSA) is 46.1 Å². The van der Waals surface area contributed by atoms with Gasteiger partial charge >= 0.3 is 0 Å². The predicted molar refractivity (Wildman–Crippen MR) is 122 cm³/mol. The Balaban J connectivity index is 1.76. The minimum atomic E-state index is -0.749. The minimum Gasteiger partial charge on any atom is -0.279 e. The zero-order valence-corrected chi connectivity index (χ0v) is 18.5. The summed E-state index contributed by atoms with van der Waals surface area (Å²) in [5, 5.41) is 0.675. The van der Waals surface area contributed by atoms with Gasteiger partial charge in [-0.05, 0) is 35.9 Å². The number of thioether (sulfide) groups is 1. The number of anilines is 1. The lowest BCUT2D eigenvalue weighted by Crippen LogP contribution is -2.30. The van der Waals surface area contributed by atoms with Crippen molar-refractivity contribution in [3.8, 4) is 0 Å². The Hall–Kier alpha value is -2.84. The molecule has 0 fully saturated rings. The van der Waals surface area contributed by atoms with E-state index in [4.69, 9.17) is 0 Å². The lowest BCUT2D eigenvalue weighted by atomic mass is 10.2. The fraction of sp³-hybridized carbons (Fsp3) is 0.174. The number of halogens is 2. The molecule has 4 aromatic rings. The van der Waals surface area contributed by atoms with Gasteiger partial charge in [0.25, 0.3) is 5.91 Å². The minimum absolute atomic E-state index is 0.0505. The Morgan fingerprint density at radius 3 is 2.74 bits per heavy atom. The van der Waals surface area contributed by atoms with Crippen molar-refractivity contribution in [3.63, 3.8) is 0 Å². The molecule has 0 atom stereocenters. The first kappa shape index (κ1) is 21.4. The van der Waals surface area contributed by atoms with E-state index in [0.29, 0.717) is 20.6 Å². The zero-order chi connectivity index (χ0) is 22.0. The molecular weight excluding hydrogens is 436 g/mol.